The number of carbonyl (C=O) groups is 1. The fraction of sp³-hybridized carbons (Fsp3) is 0.857. The predicted molar refractivity (Wildman–Crippen MR) is 54.6 cm³/mol. The van der Waals surface area contributed by atoms with E-state index in [1.54, 1.807) is 11.8 Å². The van der Waals surface area contributed by atoms with E-state index in [1.165, 1.54) is 25.9 Å². The van der Waals surface area contributed by atoms with E-state index in [1.807, 2.05) is 0 Å². The lowest BCUT2D eigenvalue weighted by molar-refractivity contribution is -0.115. The number of halogens is 1. The van der Waals surface area contributed by atoms with Gasteiger partial charge in [-0.2, -0.15) is 0 Å². The summed E-state index contributed by atoms with van der Waals surface area (Å²) in [4.78, 5) is 12.7. The minimum absolute atomic E-state index is 0. The number of primary amides is 1. The maximum Gasteiger partial charge on any atom is 0.227 e. The van der Waals surface area contributed by atoms with Gasteiger partial charge in [0, 0.05) is 5.88 Å². The van der Waals surface area contributed by atoms with E-state index in [9.17, 15) is 4.79 Å². The second-order valence-corrected chi connectivity index (χ2v) is 3.72. The zero-order valence-corrected chi connectivity index (χ0v) is 8.62. The van der Waals surface area contributed by atoms with Gasteiger partial charge in [-0.3, -0.25) is 9.69 Å². The van der Waals surface area contributed by atoms with Gasteiger partial charge in [-0.15, -0.1) is 24.2 Å². The molecule has 1 amide bonds. The number of carbonyl (C=O) groups excluding carboxylic acids is 1. The molecule has 1 saturated heterocycles. The molecule has 0 atom stereocenters. The van der Waals surface area contributed by atoms with Crippen LogP contribution < -0.4 is 5.73 Å². The minimum Gasteiger partial charge on any atom is -0.369 e. The van der Waals surface area contributed by atoms with Crippen molar-refractivity contribution in [3.8, 4) is 0 Å². The van der Waals surface area contributed by atoms with E-state index in [0.29, 0.717) is 5.75 Å². The van der Waals surface area contributed by atoms with Crippen LogP contribution in [-0.4, -0.2) is 35.5 Å². The maximum absolute atomic E-state index is 10.4. The highest BCUT2D eigenvalue weighted by atomic mass is 35.5. The van der Waals surface area contributed by atoms with Crippen LogP contribution in [0.15, 0.2) is 0 Å². The summed E-state index contributed by atoms with van der Waals surface area (Å²) < 4.78 is 0. The summed E-state index contributed by atoms with van der Waals surface area (Å²) in [7, 11) is 0. The van der Waals surface area contributed by atoms with Gasteiger partial charge in [0.25, 0.3) is 0 Å². The lowest BCUT2D eigenvalue weighted by atomic mass is 10.4. The van der Waals surface area contributed by atoms with Crippen molar-refractivity contribution in [2.75, 3.05) is 24.7 Å². The Labute approximate surface area is 83.5 Å². The lowest BCUT2D eigenvalue weighted by Gasteiger charge is -2.12. The summed E-state index contributed by atoms with van der Waals surface area (Å²) in [6, 6.07) is 0. The normalized spacial score (nSPS) is 17.3. The van der Waals surface area contributed by atoms with Gasteiger partial charge >= 0.3 is 0 Å². The van der Waals surface area contributed by atoms with Gasteiger partial charge < -0.3 is 5.73 Å². The van der Waals surface area contributed by atoms with Crippen molar-refractivity contribution in [3.05, 3.63) is 0 Å². The largest absolute Gasteiger partial charge is 0.369 e. The Kier molecular flexibility index (Phi) is 6.61. The van der Waals surface area contributed by atoms with Crippen LogP contribution in [0.2, 0.25) is 0 Å². The smallest absolute Gasteiger partial charge is 0.227 e. The molecule has 1 heterocycles. The number of nitrogens with zero attached hydrogens (tertiary/aromatic N) is 1. The van der Waals surface area contributed by atoms with E-state index in [-0.39, 0.29) is 18.3 Å². The zero-order valence-electron chi connectivity index (χ0n) is 6.99. The van der Waals surface area contributed by atoms with Gasteiger partial charge in [0.05, 0.1) is 5.75 Å². The van der Waals surface area contributed by atoms with Crippen LogP contribution >= 0.6 is 24.2 Å². The molecular formula is C7H15ClN2OS. The summed E-state index contributed by atoms with van der Waals surface area (Å²) >= 11 is 1.61. The molecule has 0 radical (unpaired) electrons. The molecule has 0 unspecified atom stereocenters. The summed E-state index contributed by atoms with van der Waals surface area (Å²) in [6.45, 7) is 2.37. The van der Waals surface area contributed by atoms with E-state index in [2.05, 4.69) is 4.90 Å². The Balaban J connectivity index is 0.00000121. The van der Waals surface area contributed by atoms with E-state index in [4.69, 9.17) is 5.73 Å². The summed E-state index contributed by atoms with van der Waals surface area (Å²) in [6.07, 6.45) is 2.61. The van der Waals surface area contributed by atoms with Crippen LogP contribution in [0.3, 0.4) is 0 Å². The number of nitrogens with two attached hydrogens (primary N) is 1. The highest BCUT2D eigenvalue weighted by Gasteiger charge is 2.10. The molecule has 72 valence electrons. The van der Waals surface area contributed by atoms with E-state index >= 15 is 0 Å². The van der Waals surface area contributed by atoms with Crippen molar-refractivity contribution < 1.29 is 4.79 Å². The third-order valence-electron chi connectivity index (χ3n) is 1.72. The molecule has 12 heavy (non-hydrogen) atoms. The molecule has 0 aromatic carbocycles. The molecule has 1 rings (SSSR count). The molecule has 0 aliphatic carbocycles. The molecule has 1 fully saturated rings. The van der Waals surface area contributed by atoms with Crippen molar-refractivity contribution in [1.29, 1.82) is 0 Å². The van der Waals surface area contributed by atoms with Crippen LogP contribution in [0.25, 0.3) is 0 Å². The molecule has 2 N–H and O–H groups in total. The molecule has 0 spiro atoms. The molecule has 1 aliphatic heterocycles. The first-order valence-electron chi connectivity index (χ1n) is 3.87. The number of thioether (sulfide) groups is 1. The van der Waals surface area contributed by atoms with E-state index < -0.39 is 0 Å². The van der Waals surface area contributed by atoms with Crippen LogP contribution in [0.1, 0.15) is 12.8 Å². The number of likely N-dealkylation sites (tertiary alicyclic amines) is 1. The van der Waals surface area contributed by atoms with Crippen LogP contribution in [0.4, 0.5) is 0 Å². The number of hydrogen-bond acceptors (Lipinski definition) is 3. The molecule has 0 saturated carbocycles. The van der Waals surface area contributed by atoms with Crippen molar-refractivity contribution in [2.24, 2.45) is 5.73 Å². The van der Waals surface area contributed by atoms with Crippen LogP contribution in [-0.2, 0) is 4.79 Å². The SMILES string of the molecule is Cl.NC(=O)CSCN1CCCC1. The maximum atomic E-state index is 10.4. The van der Waals surface area contributed by atoms with Gasteiger partial charge in [0.2, 0.25) is 5.91 Å². The van der Waals surface area contributed by atoms with Gasteiger partial charge in [-0.05, 0) is 25.9 Å². The third-order valence-corrected chi connectivity index (χ3v) is 2.75. The highest BCUT2D eigenvalue weighted by molar-refractivity contribution is 7.99. The van der Waals surface area contributed by atoms with Gasteiger partial charge in [-0.25, -0.2) is 0 Å². The summed E-state index contributed by atoms with van der Waals surface area (Å²) in [5, 5.41) is 0. The number of rotatable bonds is 4. The van der Waals surface area contributed by atoms with Crippen molar-refractivity contribution in [3.63, 3.8) is 0 Å². The topological polar surface area (TPSA) is 46.3 Å². The quantitative estimate of drug-likeness (QED) is 0.743. The van der Waals surface area contributed by atoms with Crippen molar-refractivity contribution in [1.82, 2.24) is 4.90 Å². The molecule has 1 aliphatic rings. The fourth-order valence-electron chi connectivity index (χ4n) is 1.19. The highest BCUT2D eigenvalue weighted by Crippen LogP contribution is 2.11. The average molecular weight is 211 g/mol. The molecule has 3 nitrogen and oxygen atoms in total. The lowest BCUT2D eigenvalue weighted by Crippen LogP contribution is -2.21. The second kappa shape index (κ2) is 6.57. The fourth-order valence-corrected chi connectivity index (χ4v) is 2.00. The van der Waals surface area contributed by atoms with Gasteiger partial charge in [-0.1, -0.05) is 0 Å². The Morgan fingerprint density at radius 1 is 1.42 bits per heavy atom. The number of hydrogen-bond donors (Lipinski definition) is 1. The van der Waals surface area contributed by atoms with Gasteiger partial charge in [0.1, 0.15) is 0 Å². The van der Waals surface area contributed by atoms with Crippen LogP contribution in [0.5, 0.6) is 0 Å². The first kappa shape index (κ1) is 12.1. The molecule has 5 heteroatoms. The summed E-state index contributed by atoms with van der Waals surface area (Å²) in [5.74, 6) is 1.20. The Morgan fingerprint density at radius 3 is 2.50 bits per heavy atom. The first-order chi connectivity index (χ1) is 5.29. The summed E-state index contributed by atoms with van der Waals surface area (Å²) in [5.41, 5.74) is 5.00. The number of amides is 1. The van der Waals surface area contributed by atoms with Gasteiger partial charge in [0.15, 0.2) is 0 Å². The molecule has 0 aromatic rings. The second-order valence-electron chi connectivity index (χ2n) is 2.77. The minimum atomic E-state index is -0.214. The van der Waals surface area contributed by atoms with Crippen molar-refractivity contribution >= 4 is 30.1 Å². The van der Waals surface area contributed by atoms with E-state index in [0.717, 1.165) is 5.88 Å². The average Bonchev–Trinajstić information content (AvgIpc) is 2.39. The zero-order chi connectivity index (χ0) is 8.10. The third kappa shape index (κ3) is 4.85. The Bertz CT molecular complexity index is 139. The monoisotopic (exact) mass is 210 g/mol. The molecular weight excluding hydrogens is 196 g/mol. The Morgan fingerprint density at radius 2 is 2.00 bits per heavy atom. The standard InChI is InChI=1S/C7H14N2OS.ClH/c8-7(10)5-11-6-9-3-1-2-4-9;/h1-6H2,(H2,8,10);1H. The molecule has 0 aromatic heterocycles. The Hall–Kier alpha value is 0.0700. The molecule has 0 bridgehead atoms. The van der Waals surface area contributed by atoms with Crippen molar-refractivity contribution in [2.45, 2.75) is 12.8 Å². The van der Waals surface area contributed by atoms with Crippen LogP contribution in [0, 0.1) is 0 Å². The first-order valence-corrected chi connectivity index (χ1v) is 5.03. The predicted octanol–water partition coefficient (Wildman–Crippen LogP) is 0.680.